The number of hydrogen-bond donors (Lipinski definition) is 3. The summed E-state index contributed by atoms with van der Waals surface area (Å²) in [5, 5.41) is 11.4. The SMILES string of the molecule is CN(C)c1cc(NC2CCC(CNC(=O)NCc3ccccc3Cl)CC2)nc2ccccc12. The van der Waals surface area contributed by atoms with E-state index < -0.39 is 0 Å². The maximum absolute atomic E-state index is 12.2. The Bertz CT molecular complexity index is 1090. The molecule has 6 nitrogen and oxygen atoms in total. The quantitative estimate of drug-likeness (QED) is 0.435. The van der Waals surface area contributed by atoms with E-state index in [2.05, 4.69) is 59.2 Å². The number of rotatable bonds is 7. The molecule has 0 spiro atoms. The molecule has 0 bridgehead atoms. The second-order valence-corrected chi connectivity index (χ2v) is 9.36. The zero-order valence-corrected chi connectivity index (χ0v) is 20.0. The Morgan fingerprint density at radius 3 is 2.52 bits per heavy atom. The molecule has 0 atom stereocenters. The van der Waals surface area contributed by atoms with Gasteiger partial charge in [-0.2, -0.15) is 0 Å². The van der Waals surface area contributed by atoms with Gasteiger partial charge in [-0.1, -0.05) is 48.0 Å². The van der Waals surface area contributed by atoms with Gasteiger partial charge in [0.05, 0.1) is 5.52 Å². The first-order chi connectivity index (χ1) is 16.0. The van der Waals surface area contributed by atoms with Crippen LogP contribution >= 0.6 is 11.6 Å². The molecule has 2 aromatic carbocycles. The predicted molar refractivity (Wildman–Crippen MR) is 137 cm³/mol. The predicted octanol–water partition coefficient (Wildman–Crippen LogP) is 5.42. The summed E-state index contributed by atoms with van der Waals surface area (Å²) in [6.45, 7) is 1.12. The summed E-state index contributed by atoms with van der Waals surface area (Å²) in [7, 11) is 4.13. The van der Waals surface area contributed by atoms with Crippen LogP contribution in [0.25, 0.3) is 10.9 Å². The van der Waals surface area contributed by atoms with Crippen molar-refractivity contribution >= 4 is 40.0 Å². The zero-order chi connectivity index (χ0) is 23.2. The molecule has 0 aliphatic heterocycles. The Kier molecular flexibility index (Phi) is 7.55. The van der Waals surface area contributed by atoms with E-state index in [9.17, 15) is 4.79 Å². The molecule has 174 valence electrons. The lowest BCUT2D eigenvalue weighted by Crippen LogP contribution is -2.39. The minimum atomic E-state index is -0.147. The van der Waals surface area contributed by atoms with Crippen LogP contribution in [0.3, 0.4) is 0 Å². The lowest BCUT2D eigenvalue weighted by molar-refractivity contribution is 0.235. The fourth-order valence-corrected chi connectivity index (χ4v) is 4.64. The largest absolute Gasteiger partial charge is 0.377 e. The standard InChI is InChI=1S/C26H32ClN5O/c1-32(2)24-15-25(31-23-10-6-4-8-21(23)24)30-20-13-11-18(12-14-20)16-28-26(33)29-17-19-7-3-5-9-22(19)27/h3-10,15,18,20H,11-14,16-17H2,1-2H3,(H,30,31)(H2,28,29,33). The maximum atomic E-state index is 12.2. The molecule has 2 amide bonds. The monoisotopic (exact) mass is 465 g/mol. The van der Waals surface area contributed by atoms with Crippen molar-refractivity contribution in [3.05, 3.63) is 65.2 Å². The van der Waals surface area contributed by atoms with Crippen molar-refractivity contribution in [1.29, 1.82) is 0 Å². The van der Waals surface area contributed by atoms with Crippen LogP contribution in [0.5, 0.6) is 0 Å². The first-order valence-electron chi connectivity index (χ1n) is 11.6. The van der Waals surface area contributed by atoms with Crippen LogP contribution in [0.2, 0.25) is 5.02 Å². The highest BCUT2D eigenvalue weighted by molar-refractivity contribution is 6.31. The number of benzene rings is 2. The molecule has 3 N–H and O–H groups in total. The van der Waals surface area contributed by atoms with Crippen molar-refractivity contribution in [3.8, 4) is 0 Å². The summed E-state index contributed by atoms with van der Waals surface area (Å²) in [5.74, 6) is 1.42. The van der Waals surface area contributed by atoms with Gasteiger partial charge in [0, 0.05) is 55.4 Å². The fraction of sp³-hybridized carbons (Fsp3) is 0.385. The Morgan fingerprint density at radius 2 is 1.76 bits per heavy atom. The van der Waals surface area contributed by atoms with Crippen molar-refractivity contribution in [2.24, 2.45) is 5.92 Å². The number of amides is 2. The Labute approximate surface area is 200 Å². The third kappa shape index (κ3) is 6.08. The highest BCUT2D eigenvalue weighted by Gasteiger charge is 2.22. The molecule has 1 aliphatic carbocycles. The van der Waals surface area contributed by atoms with E-state index in [0.717, 1.165) is 48.0 Å². The number of carbonyl (C=O) groups is 1. The Hall–Kier alpha value is -2.99. The normalized spacial score (nSPS) is 18.0. The van der Waals surface area contributed by atoms with Crippen LogP contribution in [0, 0.1) is 5.92 Å². The highest BCUT2D eigenvalue weighted by atomic mass is 35.5. The molecular weight excluding hydrogens is 434 g/mol. The van der Waals surface area contributed by atoms with Crippen molar-refractivity contribution in [3.63, 3.8) is 0 Å². The molecule has 3 aromatic rings. The molecule has 1 aliphatic rings. The molecule has 0 saturated heterocycles. The van der Waals surface area contributed by atoms with Crippen LogP contribution in [-0.2, 0) is 6.54 Å². The van der Waals surface area contributed by atoms with E-state index in [-0.39, 0.29) is 6.03 Å². The van der Waals surface area contributed by atoms with E-state index in [0.29, 0.717) is 30.1 Å². The second-order valence-electron chi connectivity index (χ2n) is 8.96. The van der Waals surface area contributed by atoms with Gasteiger partial charge in [0.2, 0.25) is 0 Å². The molecule has 33 heavy (non-hydrogen) atoms. The number of carbonyl (C=O) groups excluding carboxylic acids is 1. The lowest BCUT2D eigenvalue weighted by Gasteiger charge is -2.30. The summed E-state index contributed by atoms with van der Waals surface area (Å²) in [4.78, 5) is 19.1. The van der Waals surface area contributed by atoms with Crippen LogP contribution in [-0.4, -0.2) is 37.7 Å². The Balaban J connectivity index is 1.24. The third-order valence-electron chi connectivity index (χ3n) is 6.32. The van der Waals surface area contributed by atoms with E-state index in [4.69, 9.17) is 16.6 Å². The van der Waals surface area contributed by atoms with Crippen molar-refractivity contribution in [2.45, 2.75) is 38.3 Å². The van der Waals surface area contributed by atoms with Gasteiger partial charge < -0.3 is 20.9 Å². The van der Waals surface area contributed by atoms with E-state index in [1.54, 1.807) is 0 Å². The van der Waals surface area contributed by atoms with Crippen LogP contribution in [0.15, 0.2) is 54.6 Å². The van der Waals surface area contributed by atoms with Gasteiger partial charge in [0.1, 0.15) is 5.82 Å². The topological polar surface area (TPSA) is 69.3 Å². The van der Waals surface area contributed by atoms with Gasteiger partial charge in [-0.3, -0.25) is 0 Å². The van der Waals surface area contributed by atoms with Crippen molar-refractivity contribution in [1.82, 2.24) is 15.6 Å². The average molecular weight is 466 g/mol. The van der Waals surface area contributed by atoms with Gasteiger partial charge in [-0.05, 0) is 49.3 Å². The number of urea groups is 1. The number of hydrogen-bond acceptors (Lipinski definition) is 4. The summed E-state index contributed by atoms with van der Waals surface area (Å²) < 4.78 is 0. The number of nitrogens with zero attached hydrogens (tertiary/aromatic N) is 2. The average Bonchev–Trinajstić information content (AvgIpc) is 2.82. The molecule has 1 fully saturated rings. The summed E-state index contributed by atoms with van der Waals surface area (Å²) in [5.41, 5.74) is 3.09. The molecule has 0 radical (unpaired) electrons. The second kappa shape index (κ2) is 10.8. The van der Waals surface area contributed by atoms with Crippen molar-refractivity contribution in [2.75, 3.05) is 30.9 Å². The summed E-state index contributed by atoms with van der Waals surface area (Å²) in [6.07, 6.45) is 4.30. The highest BCUT2D eigenvalue weighted by Crippen LogP contribution is 2.30. The number of anilines is 2. The van der Waals surface area contributed by atoms with Crippen molar-refractivity contribution < 1.29 is 4.79 Å². The molecular formula is C26H32ClN5O. The number of nitrogens with one attached hydrogen (secondary N) is 3. The molecule has 1 saturated carbocycles. The first-order valence-corrected chi connectivity index (χ1v) is 12.0. The molecule has 7 heteroatoms. The minimum absolute atomic E-state index is 0.147. The number of halogens is 1. The van der Waals surface area contributed by atoms with Gasteiger partial charge >= 0.3 is 6.03 Å². The fourth-order valence-electron chi connectivity index (χ4n) is 4.44. The molecule has 1 heterocycles. The first kappa shape index (κ1) is 23.2. The summed E-state index contributed by atoms with van der Waals surface area (Å²) >= 11 is 6.15. The van der Waals surface area contributed by atoms with E-state index in [1.165, 1.54) is 5.69 Å². The van der Waals surface area contributed by atoms with Gasteiger partial charge in [-0.25, -0.2) is 9.78 Å². The lowest BCUT2D eigenvalue weighted by atomic mass is 9.86. The molecule has 0 unspecified atom stereocenters. The number of fused-ring (bicyclic) bond motifs is 1. The van der Waals surface area contributed by atoms with Gasteiger partial charge in [-0.15, -0.1) is 0 Å². The van der Waals surface area contributed by atoms with Crippen LogP contribution in [0.4, 0.5) is 16.3 Å². The van der Waals surface area contributed by atoms with Gasteiger partial charge in [0.15, 0.2) is 0 Å². The number of aromatic nitrogens is 1. The van der Waals surface area contributed by atoms with E-state index >= 15 is 0 Å². The van der Waals surface area contributed by atoms with Gasteiger partial charge in [0.25, 0.3) is 0 Å². The Morgan fingerprint density at radius 1 is 1.03 bits per heavy atom. The van der Waals surface area contributed by atoms with Crippen LogP contribution < -0.4 is 20.9 Å². The summed E-state index contributed by atoms with van der Waals surface area (Å²) in [6, 6.07) is 18.2. The number of pyridine rings is 1. The zero-order valence-electron chi connectivity index (χ0n) is 19.3. The maximum Gasteiger partial charge on any atom is 0.315 e. The smallest absolute Gasteiger partial charge is 0.315 e. The third-order valence-corrected chi connectivity index (χ3v) is 6.69. The van der Waals surface area contributed by atoms with E-state index in [1.807, 2.05) is 30.3 Å². The molecule has 4 rings (SSSR count). The number of para-hydroxylation sites is 1. The molecule has 1 aromatic heterocycles. The van der Waals surface area contributed by atoms with Crippen LogP contribution in [0.1, 0.15) is 31.2 Å². The minimum Gasteiger partial charge on any atom is -0.377 e.